The Balaban J connectivity index is 2.20. The summed E-state index contributed by atoms with van der Waals surface area (Å²) in [7, 11) is 0. The second kappa shape index (κ2) is 6.49. The van der Waals surface area contributed by atoms with Crippen molar-refractivity contribution in [2.24, 2.45) is 0 Å². The fraction of sp³-hybridized carbons (Fsp3) is 0.824. The lowest BCUT2D eigenvalue weighted by molar-refractivity contribution is 0.141. The van der Waals surface area contributed by atoms with Gasteiger partial charge in [0, 0.05) is 23.3 Å². The fourth-order valence-electron chi connectivity index (χ4n) is 3.89. The van der Waals surface area contributed by atoms with Crippen LogP contribution in [0.15, 0.2) is 0 Å². The average molecular weight is 293 g/mol. The van der Waals surface area contributed by atoms with Crippen molar-refractivity contribution in [1.29, 1.82) is 0 Å². The minimum atomic E-state index is -0.244. The molecule has 0 bridgehead atoms. The maximum atomic E-state index is 9.80. The second-order valence-electron chi connectivity index (χ2n) is 7.20. The molecule has 1 heterocycles. The number of imidazole rings is 1. The van der Waals surface area contributed by atoms with Gasteiger partial charge in [0.05, 0.1) is 12.3 Å². The monoisotopic (exact) mass is 293 g/mol. The third-order valence-corrected chi connectivity index (χ3v) is 4.52. The quantitative estimate of drug-likeness (QED) is 0.848. The molecule has 0 aromatic carbocycles. The van der Waals surface area contributed by atoms with Gasteiger partial charge in [0.15, 0.2) is 0 Å². The number of aromatic nitrogens is 2. The van der Waals surface area contributed by atoms with Crippen LogP contribution in [-0.4, -0.2) is 32.8 Å². The summed E-state index contributed by atoms with van der Waals surface area (Å²) in [6.45, 7) is 10.9. The Kier molecular flexibility index (Phi) is 5.10. The summed E-state index contributed by atoms with van der Waals surface area (Å²) in [5.41, 5.74) is 2.48. The Labute approximate surface area is 129 Å². The highest BCUT2D eigenvalue weighted by Gasteiger charge is 2.29. The van der Waals surface area contributed by atoms with Crippen LogP contribution >= 0.6 is 0 Å². The Morgan fingerprint density at radius 2 is 1.95 bits per heavy atom. The van der Waals surface area contributed by atoms with E-state index < -0.39 is 0 Å². The first-order valence-corrected chi connectivity index (χ1v) is 8.31. The van der Waals surface area contributed by atoms with E-state index in [1.54, 1.807) is 0 Å². The van der Waals surface area contributed by atoms with Crippen molar-refractivity contribution in [3.8, 4) is 0 Å². The average Bonchev–Trinajstić information content (AvgIpc) is 2.73. The highest BCUT2D eigenvalue weighted by Crippen LogP contribution is 2.29. The minimum Gasteiger partial charge on any atom is -0.394 e. The van der Waals surface area contributed by atoms with Crippen LogP contribution in [0, 0.1) is 6.92 Å². The molecule has 2 atom stereocenters. The van der Waals surface area contributed by atoms with Crippen LogP contribution in [-0.2, 0) is 12.8 Å². The highest BCUT2D eigenvalue weighted by atomic mass is 16.3. The zero-order valence-electron chi connectivity index (χ0n) is 14.2. The minimum absolute atomic E-state index is 0.158. The highest BCUT2D eigenvalue weighted by molar-refractivity contribution is 5.21. The molecular formula is C17H31N3O. The maximum absolute atomic E-state index is 9.80. The second-order valence-corrected chi connectivity index (χ2v) is 7.20. The topological polar surface area (TPSA) is 50.1 Å². The summed E-state index contributed by atoms with van der Waals surface area (Å²) in [4.78, 5) is 4.77. The van der Waals surface area contributed by atoms with E-state index in [4.69, 9.17) is 4.98 Å². The molecule has 0 fully saturated rings. The molecule has 1 aromatic heterocycles. The van der Waals surface area contributed by atoms with Crippen molar-refractivity contribution >= 4 is 0 Å². The normalized spacial score (nSPS) is 19.4. The summed E-state index contributed by atoms with van der Waals surface area (Å²) in [5, 5.41) is 13.3. The van der Waals surface area contributed by atoms with E-state index >= 15 is 0 Å². The molecule has 4 heteroatoms. The summed E-state index contributed by atoms with van der Waals surface area (Å²) in [6.07, 6.45) is 5.71. The third kappa shape index (κ3) is 3.67. The molecule has 1 aliphatic carbocycles. The van der Waals surface area contributed by atoms with Crippen LogP contribution in [0.3, 0.4) is 0 Å². The lowest BCUT2D eigenvalue weighted by atomic mass is 9.92. The lowest BCUT2D eigenvalue weighted by Crippen LogP contribution is -2.50. The van der Waals surface area contributed by atoms with E-state index in [1.807, 2.05) is 0 Å². The molecule has 0 spiro atoms. The van der Waals surface area contributed by atoms with Gasteiger partial charge in [-0.1, -0.05) is 13.8 Å². The number of fused-ring (bicyclic) bond motifs is 1. The van der Waals surface area contributed by atoms with Gasteiger partial charge in [-0.3, -0.25) is 0 Å². The van der Waals surface area contributed by atoms with Gasteiger partial charge in [0.2, 0.25) is 0 Å². The van der Waals surface area contributed by atoms with Gasteiger partial charge in [0.25, 0.3) is 0 Å². The van der Waals surface area contributed by atoms with Gasteiger partial charge in [0.1, 0.15) is 5.82 Å². The van der Waals surface area contributed by atoms with Crippen molar-refractivity contribution in [2.45, 2.75) is 84.3 Å². The first-order valence-electron chi connectivity index (χ1n) is 8.31. The molecule has 0 amide bonds. The number of aliphatic hydroxyl groups excluding tert-OH is 1. The summed E-state index contributed by atoms with van der Waals surface area (Å²) in [5.74, 6) is 1.12. The number of nitrogens with zero attached hydrogens (tertiary/aromatic N) is 2. The first kappa shape index (κ1) is 16.5. The Morgan fingerprint density at radius 3 is 2.57 bits per heavy atom. The van der Waals surface area contributed by atoms with Crippen molar-refractivity contribution in [1.82, 2.24) is 14.9 Å². The van der Waals surface area contributed by atoms with Crippen molar-refractivity contribution < 1.29 is 5.11 Å². The molecule has 1 aliphatic rings. The van der Waals surface area contributed by atoms with Gasteiger partial charge in [-0.2, -0.15) is 0 Å². The zero-order chi connectivity index (χ0) is 15.6. The van der Waals surface area contributed by atoms with E-state index in [1.165, 1.54) is 24.2 Å². The molecule has 2 rings (SSSR count). The number of aryl methyl sites for hydroxylation is 2. The van der Waals surface area contributed by atoms with Gasteiger partial charge < -0.3 is 15.0 Å². The van der Waals surface area contributed by atoms with Crippen LogP contribution in [0.1, 0.15) is 70.2 Å². The standard InChI is InChI=1S/C17H31N3O/c1-12(2)19-17(5,11-21)10-13(3)20-14(4)18-15-8-6-7-9-16(15)20/h12-13,19,21H,6-11H2,1-5H3. The molecule has 21 heavy (non-hydrogen) atoms. The van der Waals surface area contributed by atoms with Gasteiger partial charge in [-0.15, -0.1) is 0 Å². The third-order valence-electron chi connectivity index (χ3n) is 4.52. The number of hydrogen-bond acceptors (Lipinski definition) is 3. The molecule has 2 unspecified atom stereocenters. The number of nitrogens with one attached hydrogen (secondary N) is 1. The first-order chi connectivity index (χ1) is 9.86. The summed E-state index contributed by atoms with van der Waals surface area (Å²) >= 11 is 0. The van der Waals surface area contributed by atoms with Crippen LogP contribution in [0.2, 0.25) is 0 Å². The van der Waals surface area contributed by atoms with E-state index in [9.17, 15) is 5.11 Å². The van der Waals surface area contributed by atoms with Crippen LogP contribution < -0.4 is 5.32 Å². The summed E-state index contributed by atoms with van der Waals surface area (Å²) < 4.78 is 2.41. The van der Waals surface area contributed by atoms with E-state index in [-0.39, 0.29) is 12.1 Å². The van der Waals surface area contributed by atoms with Gasteiger partial charge >= 0.3 is 0 Å². The van der Waals surface area contributed by atoms with Crippen molar-refractivity contribution in [3.05, 3.63) is 17.2 Å². The molecular weight excluding hydrogens is 262 g/mol. The van der Waals surface area contributed by atoms with Gasteiger partial charge in [-0.05, 0) is 52.9 Å². The SMILES string of the molecule is Cc1nc2c(n1C(C)CC(C)(CO)NC(C)C)CCCC2. The predicted molar refractivity (Wildman–Crippen MR) is 86.7 cm³/mol. The predicted octanol–water partition coefficient (Wildman–Crippen LogP) is 2.77. The number of aliphatic hydroxyl groups is 1. The fourth-order valence-corrected chi connectivity index (χ4v) is 3.89. The Morgan fingerprint density at radius 1 is 1.29 bits per heavy atom. The number of hydrogen-bond donors (Lipinski definition) is 2. The van der Waals surface area contributed by atoms with E-state index in [0.717, 1.165) is 25.1 Å². The Hall–Kier alpha value is -0.870. The van der Waals surface area contributed by atoms with E-state index in [0.29, 0.717) is 12.1 Å². The van der Waals surface area contributed by atoms with Crippen molar-refractivity contribution in [2.75, 3.05) is 6.61 Å². The molecule has 1 aromatic rings. The largest absolute Gasteiger partial charge is 0.394 e. The lowest BCUT2D eigenvalue weighted by Gasteiger charge is -2.35. The molecule has 4 nitrogen and oxygen atoms in total. The van der Waals surface area contributed by atoms with Crippen molar-refractivity contribution in [3.63, 3.8) is 0 Å². The van der Waals surface area contributed by atoms with Crippen LogP contribution in [0.25, 0.3) is 0 Å². The Bertz CT molecular complexity index is 481. The molecule has 2 N–H and O–H groups in total. The molecule has 0 saturated carbocycles. The molecule has 0 aliphatic heterocycles. The number of rotatable bonds is 6. The maximum Gasteiger partial charge on any atom is 0.106 e. The molecule has 120 valence electrons. The molecule has 0 radical (unpaired) electrons. The molecule has 0 saturated heterocycles. The zero-order valence-corrected chi connectivity index (χ0v) is 14.2. The van der Waals surface area contributed by atoms with Gasteiger partial charge in [-0.25, -0.2) is 4.98 Å². The van der Waals surface area contributed by atoms with Crippen LogP contribution in [0.4, 0.5) is 0 Å². The van der Waals surface area contributed by atoms with Crippen LogP contribution in [0.5, 0.6) is 0 Å². The van der Waals surface area contributed by atoms with E-state index in [2.05, 4.69) is 44.5 Å². The summed E-state index contributed by atoms with van der Waals surface area (Å²) in [6, 6.07) is 0.717. The smallest absolute Gasteiger partial charge is 0.106 e.